The number of halogens is 1. The summed E-state index contributed by atoms with van der Waals surface area (Å²) in [6.45, 7) is 3.72. The fraction of sp³-hybridized carbons (Fsp3) is 0.923. The van der Waals surface area contributed by atoms with Crippen molar-refractivity contribution in [1.82, 2.24) is 10.2 Å². The third kappa shape index (κ3) is 2.81. The third-order valence-electron chi connectivity index (χ3n) is 4.39. The number of carbonyl (C=O) groups excluding carboxylic acids is 1. The zero-order valence-corrected chi connectivity index (χ0v) is 11.6. The van der Waals surface area contributed by atoms with Gasteiger partial charge in [0.05, 0.1) is 12.7 Å². The van der Waals surface area contributed by atoms with E-state index in [-0.39, 0.29) is 18.3 Å². The minimum Gasteiger partial charge on any atom is -0.375 e. The lowest BCUT2D eigenvalue weighted by Crippen LogP contribution is -2.53. The van der Waals surface area contributed by atoms with Gasteiger partial charge in [-0.15, -0.1) is 12.4 Å². The quantitative estimate of drug-likeness (QED) is 0.781. The molecule has 2 saturated heterocycles. The fourth-order valence-corrected chi connectivity index (χ4v) is 3.43. The Balaban J connectivity index is 0.00000120. The summed E-state index contributed by atoms with van der Waals surface area (Å²) >= 11 is 0. The van der Waals surface area contributed by atoms with Gasteiger partial charge in [0.1, 0.15) is 0 Å². The molecule has 1 saturated carbocycles. The molecule has 1 amide bonds. The number of morpholine rings is 1. The van der Waals surface area contributed by atoms with Crippen LogP contribution in [-0.4, -0.2) is 49.2 Å². The van der Waals surface area contributed by atoms with Gasteiger partial charge < -0.3 is 15.0 Å². The molecule has 0 aromatic heterocycles. The number of carbonyl (C=O) groups is 1. The molecule has 4 nitrogen and oxygen atoms in total. The van der Waals surface area contributed by atoms with Crippen molar-refractivity contribution in [1.29, 1.82) is 0 Å². The van der Waals surface area contributed by atoms with Gasteiger partial charge >= 0.3 is 0 Å². The van der Waals surface area contributed by atoms with Crippen LogP contribution in [0.15, 0.2) is 0 Å². The molecule has 3 atom stereocenters. The van der Waals surface area contributed by atoms with Crippen LogP contribution in [0.25, 0.3) is 0 Å². The van der Waals surface area contributed by atoms with Gasteiger partial charge in [0.15, 0.2) is 0 Å². The molecular formula is C13H23ClN2O2. The maximum atomic E-state index is 12.3. The van der Waals surface area contributed by atoms with Crippen molar-refractivity contribution in [2.75, 3.05) is 26.2 Å². The molecule has 18 heavy (non-hydrogen) atoms. The van der Waals surface area contributed by atoms with E-state index in [1.54, 1.807) is 0 Å². The molecule has 0 aromatic rings. The highest BCUT2D eigenvalue weighted by Crippen LogP contribution is 2.30. The summed E-state index contributed by atoms with van der Waals surface area (Å²) in [5, 5.41) is 3.50. The van der Waals surface area contributed by atoms with Crippen molar-refractivity contribution in [2.45, 2.75) is 44.2 Å². The molecule has 2 heterocycles. The second kappa shape index (κ2) is 6.22. The van der Waals surface area contributed by atoms with Gasteiger partial charge in [0.2, 0.25) is 5.91 Å². The second-order valence-electron chi connectivity index (χ2n) is 5.51. The molecule has 3 fully saturated rings. The largest absolute Gasteiger partial charge is 0.375 e. The van der Waals surface area contributed by atoms with E-state index in [0.717, 1.165) is 45.5 Å². The fourth-order valence-electron chi connectivity index (χ4n) is 3.43. The number of nitrogens with one attached hydrogen (secondary N) is 1. The minimum absolute atomic E-state index is 0. The average Bonchev–Trinajstić information content (AvgIpc) is 2.91. The van der Waals surface area contributed by atoms with Crippen LogP contribution in [0, 0.1) is 5.92 Å². The number of likely N-dealkylation sites (tertiary alicyclic amines) is 1. The van der Waals surface area contributed by atoms with E-state index in [0.29, 0.717) is 18.1 Å². The summed E-state index contributed by atoms with van der Waals surface area (Å²) in [5.74, 6) is 0.636. The molecule has 0 unspecified atom stereocenters. The molecule has 0 aromatic carbocycles. The summed E-state index contributed by atoms with van der Waals surface area (Å²) in [7, 11) is 0. The van der Waals surface area contributed by atoms with Gasteiger partial charge in [-0.25, -0.2) is 0 Å². The topological polar surface area (TPSA) is 41.6 Å². The molecule has 104 valence electrons. The first-order valence-corrected chi connectivity index (χ1v) is 6.98. The van der Waals surface area contributed by atoms with Crippen LogP contribution >= 0.6 is 12.4 Å². The van der Waals surface area contributed by atoms with Crippen LogP contribution in [0.2, 0.25) is 0 Å². The number of hydrogen-bond acceptors (Lipinski definition) is 3. The van der Waals surface area contributed by atoms with E-state index in [9.17, 15) is 4.79 Å². The predicted octanol–water partition coefficient (Wildman–Crippen LogP) is 1.19. The molecule has 1 N–H and O–H groups in total. The first-order chi connectivity index (χ1) is 8.34. The first kappa shape index (κ1) is 14.1. The monoisotopic (exact) mass is 274 g/mol. The number of ether oxygens (including phenoxy) is 1. The van der Waals surface area contributed by atoms with Crippen LogP contribution in [0.1, 0.15) is 32.1 Å². The smallest absolute Gasteiger partial charge is 0.225 e. The lowest BCUT2D eigenvalue weighted by Gasteiger charge is -2.40. The summed E-state index contributed by atoms with van der Waals surface area (Å²) in [6.07, 6.45) is 5.75. The third-order valence-corrected chi connectivity index (χ3v) is 4.39. The van der Waals surface area contributed by atoms with Crippen LogP contribution in [-0.2, 0) is 9.53 Å². The van der Waals surface area contributed by atoms with Gasteiger partial charge in [-0.1, -0.05) is 0 Å². The van der Waals surface area contributed by atoms with Crippen LogP contribution in [0.5, 0.6) is 0 Å². The summed E-state index contributed by atoms with van der Waals surface area (Å²) in [6, 6.07) is 0.411. The van der Waals surface area contributed by atoms with Gasteiger partial charge in [-0.05, 0) is 32.1 Å². The molecule has 1 aliphatic carbocycles. The Morgan fingerprint density at radius 1 is 1.22 bits per heavy atom. The van der Waals surface area contributed by atoms with Crippen molar-refractivity contribution >= 4 is 18.3 Å². The van der Waals surface area contributed by atoms with Gasteiger partial charge in [0.25, 0.3) is 0 Å². The Bertz CT molecular complexity index is 295. The van der Waals surface area contributed by atoms with Crippen LogP contribution in [0.4, 0.5) is 0 Å². The Hall–Kier alpha value is -0.320. The zero-order valence-electron chi connectivity index (χ0n) is 10.8. The average molecular weight is 275 g/mol. The lowest BCUT2D eigenvalue weighted by atomic mass is 9.82. The lowest BCUT2D eigenvalue weighted by molar-refractivity contribution is -0.137. The van der Waals surface area contributed by atoms with Crippen molar-refractivity contribution < 1.29 is 9.53 Å². The van der Waals surface area contributed by atoms with E-state index in [4.69, 9.17) is 4.74 Å². The number of fused-ring (bicyclic) bond motifs is 1. The van der Waals surface area contributed by atoms with Crippen molar-refractivity contribution in [2.24, 2.45) is 5.92 Å². The molecule has 0 radical (unpaired) electrons. The van der Waals surface area contributed by atoms with Crippen molar-refractivity contribution in [3.63, 3.8) is 0 Å². The predicted molar refractivity (Wildman–Crippen MR) is 71.9 cm³/mol. The van der Waals surface area contributed by atoms with E-state index in [2.05, 4.69) is 10.2 Å². The highest BCUT2D eigenvalue weighted by Gasteiger charge is 2.37. The Labute approximate surface area is 115 Å². The molecule has 5 heteroatoms. The first-order valence-electron chi connectivity index (χ1n) is 6.98. The van der Waals surface area contributed by atoms with Crippen LogP contribution in [0.3, 0.4) is 0 Å². The highest BCUT2D eigenvalue weighted by molar-refractivity contribution is 5.85. The molecule has 0 spiro atoms. The second-order valence-corrected chi connectivity index (χ2v) is 5.51. The number of rotatable bonds is 1. The normalized spacial score (nSPS) is 35.8. The van der Waals surface area contributed by atoms with Gasteiger partial charge in [-0.2, -0.15) is 0 Å². The minimum atomic E-state index is 0. The molecule has 3 aliphatic rings. The van der Waals surface area contributed by atoms with E-state index < -0.39 is 0 Å². The van der Waals surface area contributed by atoms with Gasteiger partial charge in [0, 0.05) is 31.6 Å². The SMILES string of the molecule is Cl.O=C([C@H]1CC[C@H]2OCCN[C@@H]2C1)N1CCCC1. The highest BCUT2D eigenvalue weighted by atomic mass is 35.5. The molecular weight excluding hydrogens is 252 g/mol. The summed E-state index contributed by atoms with van der Waals surface area (Å²) in [5.41, 5.74) is 0. The maximum absolute atomic E-state index is 12.3. The summed E-state index contributed by atoms with van der Waals surface area (Å²) in [4.78, 5) is 14.4. The molecule has 2 aliphatic heterocycles. The maximum Gasteiger partial charge on any atom is 0.225 e. The van der Waals surface area contributed by atoms with Crippen molar-refractivity contribution in [3.05, 3.63) is 0 Å². The molecule has 3 rings (SSSR count). The van der Waals surface area contributed by atoms with E-state index in [1.165, 1.54) is 12.8 Å². The van der Waals surface area contributed by atoms with E-state index in [1.807, 2.05) is 0 Å². The van der Waals surface area contributed by atoms with Crippen molar-refractivity contribution in [3.8, 4) is 0 Å². The number of hydrogen-bond donors (Lipinski definition) is 1. The standard InChI is InChI=1S/C13H22N2O2.ClH/c16-13(15-6-1-2-7-15)10-3-4-12-11(9-10)14-5-8-17-12;/h10-12,14H,1-9H2;1H/t10-,11+,12+;/m0./s1. The number of nitrogens with zero attached hydrogens (tertiary/aromatic N) is 1. The van der Waals surface area contributed by atoms with Crippen LogP contribution < -0.4 is 5.32 Å². The number of amides is 1. The Morgan fingerprint density at radius 2 is 2.00 bits per heavy atom. The van der Waals surface area contributed by atoms with E-state index >= 15 is 0 Å². The summed E-state index contributed by atoms with van der Waals surface area (Å²) < 4.78 is 5.75. The Morgan fingerprint density at radius 3 is 2.78 bits per heavy atom. The zero-order chi connectivity index (χ0) is 11.7. The van der Waals surface area contributed by atoms with Gasteiger partial charge in [-0.3, -0.25) is 4.79 Å². The Kier molecular flexibility index (Phi) is 4.87. The molecule has 0 bridgehead atoms.